The van der Waals surface area contributed by atoms with Gasteiger partial charge in [0.2, 0.25) is 5.89 Å². The van der Waals surface area contributed by atoms with Gasteiger partial charge in [-0.1, -0.05) is 13.8 Å². The number of aromatic nitrogens is 2. The lowest BCUT2D eigenvalue weighted by Crippen LogP contribution is -2.31. The van der Waals surface area contributed by atoms with Crippen LogP contribution in [-0.2, 0) is 0 Å². The first-order chi connectivity index (χ1) is 10.1. The van der Waals surface area contributed by atoms with E-state index >= 15 is 0 Å². The number of rotatable bonds is 3. The van der Waals surface area contributed by atoms with Crippen LogP contribution in [0.1, 0.15) is 60.7 Å². The summed E-state index contributed by atoms with van der Waals surface area (Å²) in [6.07, 6.45) is 4.46. The fraction of sp³-hybridized carbons (Fsp3) is 0.500. The maximum Gasteiger partial charge on any atom is 0.416 e. The fourth-order valence-electron chi connectivity index (χ4n) is 2.53. The molecule has 3 rings (SSSR count). The molecule has 112 valence electrons. The van der Waals surface area contributed by atoms with Crippen LogP contribution in [0.5, 0.6) is 0 Å². The number of aromatic amines is 1. The molecule has 2 aromatic rings. The Labute approximate surface area is 121 Å². The molecule has 1 saturated heterocycles. The standard InChI is InChI=1S/C14H17N3O4/c1-8(2)9-6-20-12(15-9)11-4-3-5-17(11)13(18)10-7-21-14(19)16-10/h6-8,11H,3-5H2,1-2H3,(H,16,19)/t11-/m0/s1. The highest BCUT2D eigenvalue weighted by Crippen LogP contribution is 2.33. The van der Waals surface area contributed by atoms with Gasteiger partial charge in [-0.2, -0.15) is 0 Å². The summed E-state index contributed by atoms with van der Waals surface area (Å²) >= 11 is 0. The molecule has 1 aliphatic rings. The molecule has 0 spiro atoms. The predicted molar refractivity (Wildman–Crippen MR) is 72.9 cm³/mol. The van der Waals surface area contributed by atoms with Crippen molar-refractivity contribution in [3.05, 3.63) is 40.4 Å². The van der Waals surface area contributed by atoms with E-state index in [0.717, 1.165) is 24.8 Å². The molecular formula is C14H17N3O4. The van der Waals surface area contributed by atoms with E-state index in [1.54, 1.807) is 11.2 Å². The Morgan fingerprint density at radius 1 is 1.43 bits per heavy atom. The van der Waals surface area contributed by atoms with Gasteiger partial charge in [-0.05, 0) is 18.8 Å². The highest BCUT2D eigenvalue weighted by Gasteiger charge is 2.34. The second-order valence-corrected chi connectivity index (χ2v) is 5.48. The molecule has 7 nitrogen and oxygen atoms in total. The number of hydrogen-bond acceptors (Lipinski definition) is 5. The van der Waals surface area contributed by atoms with Gasteiger partial charge in [0.1, 0.15) is 24.3 Å². The van der Waals surface area contributed by atoms with Crippen LogP contribution in [0.3, 0.4) is 0 Å². The summed E-state index contributed by atoms with van der Waals surface area (Å²) < 4.78 is 10.2. The van der Waals surface area contributed by atoms with E-state index in [0.29, 0.717) is 12.4 Å². The van der Waals surface area contributed by atoms with E-state index in [-0.39, 0.29) is 23.6 Å². The smallest absolute Gasteiger partial charge is 0.416 e. The van der Waals surface area contributed by atoms with Gasteiger partial charge in [0, 0.05) is 6.54 Å². The third-order valence-corrected chi connectivity index (χ3v) is 3.68. The van der Waals surface area contributed by atoms with Gasteiger partial charge < -0.3 is 13.7 Å². The first kappa shape index (κ1) is 13.7. The molecule has 0 unspecified atom stereocenters. The normalized spacial score (nSPS) is 18.6. The van der Waals surface area contributed by atoms with Crippen LogP contribution in [0.25, 0.3) is 0 Å². The summed E-state index contributed by atoms with van der Waals surface area (Å²) in [7, 11) is 0. The molecule has 0 aliphatic carbocycles. The highest BCUT2D eigenvalue weighted by molar-refractivity contribution is 5.92. The quantitative estimate of drug-likeness (QED) is 0.934. The molecule has 1 N–H and O–H groups in total. The van der Waals surface area contributed by atoms with Crippen LogP contribution >= 0.6 is 0 Å². The molecule has 1 amide bonds. The van der Waals surface area contributed by atoms with Crippen molar-refractivity contribution in [1.82, 2.24) is 14.9 Å². The largest absolute Gasteiger partial charge is 0.446 e. The monoisotopic (exact) mass is 291 g/mol. The number of H-pyrrole nitrogens is 1. The number of amides is 1. The minimum Gasteiger partial charge on any atom is -0.446 e. The summed E-state index contributed by atoms with van der Waals surface area (Å²) in [6.45, 7) is 4.68. The Kier molecular flexibility index (Phi) is 3.40. The molecular weight excluding hydrogens is 274 g/mol. The molecule has 1 atom stereocenters. The number of nitrogens with one attached hydrogen (secondary N) is 1. The van der Waals surface area contributed by atoms with Crippen molar-refractivity contribution in [3.63, 3.8) is 0 Å². The summed E-state index contributed by atoms with van der Waals surface area (Å²) in [5, 5.41) is 0. The van der Waals surface area contributed by atoms with Crippen LogP contribution in [0.2, 0.25) is 0 Å². The van der Waals surface area contributed by atoms with Crippen molar-refractivity contribution in [1.29, 1.82) is 0 Å². The number of hydrogen-bond donors (Lipinski definition) is 1. The second kappa shape index (κ2) is 5.23. The highest BCUT2D eigenvalue weighted by atomic mass is 16.4. The van der Waals surface area contributed by atoms with E-state index in [9.17, 15) is 9.59 Å². The van der Waals surface area contributed by atoms with E-state index in [2.05, 4.69) is 14.4 Å². The van der Waals surface area contributed by atoms with Gasteiger partial charge in [0.15, 0.2) is 0 Å². The average molecular weight is 291 g/mol. The first-order valence-corrected chi connectivity index (χ1v) is 7.00. The molecule has 0 radical (unpaired) electrons. The molecule has 0 saturated carbocycles. The summed E-state index contributed by atoms with van der Waals surface area (Å²) in [5.41, 5.74) is 1.03. The van der Waals surface area contributed by atoms with Crippen molar-refractivity contribution in [2.24, 2.45) is 0 Å². The second-order valence-electron chi connectivity index (χ2n) is 5.48. The molecule has 2 aromatic heterocycles. The number of carbonyl (C=O) groups excluding carboxylic acids is 1. The van der Waals surface area contributed by atoms with E-state index in [4.69, 9.17) is 4.42 Å². The molecule has 1 fully saturated rings. The van der Waals surface area contributed by atoms with Crippen molar-refractivity contribution >= 4 is 5.91 Å². The van der Waals surface area contributed by atoms with Crippen molar-refractivity contribution in [3.8, 4) is 0 Å². The van der Waals surface area contributed by atoms with Crippen LogP contribution in [-0.4, -0.2) is 27.3 Å². The third-order valence-electron chi connectivity index (χ3n) is 3.68. The fourth-order valence-corrected chi connectivity index (χ4v) is 2.53. The van der Waals surface area contributed by atoms with E-state index in [1.807, 2.05) is 13.8 Å². The van der Waals surface area contributed by atoms with Gasteiger partial charge >= 0.3 is 5.76 Å². The van der Waals surface area contributed by atoms with Crippen LogP contribution in [0.15, 0.2) is 26.2 Å². The Bertz CT molecular complexity index is 697. The maximum atomic E-state index is 12.4. The van der Waals surface area contributed by atoms with Crippen molar-refractivity contribution < 1.29 is 13.6 Å². The van der Waals surface area contributed by atoms with E-state index in [1.165, 1.54) is 0 Å². The molecule has 0 bridgehead atoms. The van der Waals surface area contributed by atoms with Gasteiger partial charge in [-0.15, -0.1) is 0 Å². The van der Waals surface area contributed by atoms with Crippen molar-refractivity contribution in [2.45, 2.75) is 38.6 Å². The van der Waals surface area contributed by atoms with Crippen molar-refractivity contribution in [2.75, 3.05) is 6.54 Å². The first-order valence-electron chi connectivity index (χ1n) is 7.00. The molecule has 3 heterocycles. The van der Waals surface area contributed by atoms with Gasteiger partial charge in [-0.25, -0.2) is 9.78 Å². The molecule has 0 aromatic carbocycles. The zero-order valence-electron chi connectivity index (χ0n) is 12.0. The Hall–Kier alpha value is -2.31. The molecule has 21 heavy (non-hydrogen) atoms. The van der Waals surface area contributed by atoms with Gasteiger partial charge in [-0.3, -0.25) is 9.78 Å². The summed E-state index contributed by atoms with van der Waals surface area (Å²) in [6, 6.07) is -0.191. The minimum atomic E-state index is -0.632. The SMILES string of the molecule is CC(C)c1coc([C@@H]2CCCN2C(=O)c2coc(=O)[nH]2)n1. The number of carbonyl (C=O) groups is 1. The Morgan fingerprint density at radius 3 is 2.86 bits per heavy atom. The lowest BCUT2D eigenvalue weighted by atomic mass is 10.1. The zero-order valence-corrected chi connectivity index (χ0v) is 12.0. The predicted octanol–water partition coefficient (Wildman–Crippen LogP) is 2.06. The number of nitrogens with zero attached hydrogens (tertiary/aromatic N) is 2. The third kappa shape index (κ3) is 2.51. The zero-order chi connectivity index (χ0) is 15.0. The number of likely N-dealkylation sites (tertiary alicyclic amines) is 1. The lowest BCUT2D eigenvalue weighted by Gasteiger charge is -2.21. The summed E-state index contributed by atoms with van der Waals surface area (Å²) in [4.78, 5) is 31.9. The molecule has 7 heteroatoms. The van der Waals surface area contributed by atoms with Crippen LogP contribution in [0, 0.1) is 0 Å². The lowest BCUT2D eigenvalue weighted by molar-refractivity contribution is 0.0709. The van der Waals surface area contributed by atoms with Gasteiger partial charge in [0.25, 0.3) is 5.91 Å². The minimum absolute atomic E-state index is 0.155. The average Bonchev–Trinajstić information content (AvgIpc) is 3.17. The Morgan fingerprint density at radius 2 is 2.24 bits per heavy atom. The number of oxazole rings is 2. The maximum absolute atomic E-state index is 12.4. The van der Waals surface area contributed by atoms with E-state index < -0.39 is 5.76 Å². The van der Waals surface area contributed by atoms with Crippen LogP contribution < -0.4 is 5.76 Å². The summed E-state index contributed by atoms with van der Waals surface area (Å²) in [5.74, 6) is -0.0753. The Balaban J connectivity index is 1.84. The van der Waals surface area contributed by atoms with Crippen LogP contribution in [0.4, 0.5) is 0 Å². The topological polar surface area (TPSA) is 92.3 Å². The molecule has 1 aliphatic heterocycles. The van der Waals surface area contributed by atoms with Gasteiger partial charge in [0.05, 0.1) is 5.69 Å².